The van der Waals surface area contributed by atoms with Crippen LogP contribution >= 0.6 is 11.6 Å². The van der Waals surface area contributed by atoms with Gasteiger partial charge in [0.1, 0.15) is 5.69 Å². The molecule has 0 spiro atoms. The summed E-state index contributed by atoms with van der Waals surface area (Å²) in [5.74, 6) is 0.535. The molecule has 0 aromatic carbocycles. The van der Waals surface area contributed by atoms with Crippen molar-refractivity contribution in [2.75, 3.05) is 26.2 Å². The van der Waals surface area contributed by atoms with Gasteiger partial charge in [-0.25, -0.2) is 9.67 Å². The molecule has 7 heteroatoms. The molecule has 0 bridgehead atoms. The molecule has 1 aliphatic heterocycles. The highest BCUT2D eigenvalue weighted by Gasteiger charge is 2.29. The number of pyridine rings is 1. The average Bonchev–Trinajstić information content (AvgIpc) is 3.31. The van der Waals surface area contributed by atoms with E-state index >= 15 is 0 Å². The number of carbonyl (C=O) groups excluding carboxylic acids is 1. The van der Waals surface area contributed by atoms with Gasteiger partial charge in [0.15, 0.2) is 5.82 Å². The fourth-order valence-electron chi connectivity index (χ4n) is 4.27. The zero-order valence-electron chi connectivity index (χ0n) is 16.0. The largest absolute Gasteiger partial charge is 0.335 e. The first-order valence-corrected chi connectivity index (χ1v) is 10.1. The Kier molecular flexibility index (Phi) is 5.19. The number of rotatable bonds is 3. The summed E-state index contributed by atoms with van der Waals surface area (Å²) >= 11 is 6.32. The quantitative estimate of drug-likeness (QED) is 0.811. The summed E-state index contributed by atoms with van der Waals surface area (Å²) in [6, 6.07) is 6.23. The van der Waals surface area contributed by atoms with Crippen LogP contribution in [0.1, 0.15) is 47.6 Å². The fraction of sp³-hybridized carbons (Fsp3) is 0.550. The number of hydrogen-bond acceptors (Lipinski definition) is 4. The molecule has 0 N–H and O–H groups in total. The molecule has 2 aromatic heterocycles. The van der Waals surface area contributed by atoms with Crippen molar-refractivity contribution in [2.24, 2.45) is 0 Å². The van der Waals surface area contributed by atoms with Gasteiger partial charge in [0.2, 0.25) is 0 Å². The van der Waals surface area contributed by atoms with E-state index in [9.17, 15) is 4.79 Å². The summed E-state index contributed by atoms with van der Waals surface area (Å²) in [6.07, 6.45) is 5.27. The molecule has 27 heavy (non-hydrogen) atoms. The molecular formula is C20H26ClN5O. The first-order valence-electron chi connectivity index (χ1n) is 9.76. The smallest absolute Gasteiger partial charge is 0.274 e. The van der Waals surface area contributed by atoms with Crippen molar-refractivity contribution >= 4 is 17.5 Å². The Morgan fingerprint density at radius 1 is 1.11 bits per heavy atom. The van der Waals surface area contributed by atoms with Crippen molar-refractivity contribution in [2.45, 2.75) is 45.6 Å². The molecular weight excluding hydrogens is 362 g/mol. The van der Waals surface area contributed by atoms with Gasteiger partial charge < -0.3 is 4.90 Å². The van der Waals surface area contributed by atoms with Crippen molar-refractivity contribution < 1.29 is 4.79 Å². The highest BCUT2D eigenvalue weighted by Crippen LogP contribution is 2.25. The summed E-state index contributed by atoms with van der Waals surface area (Å²) in [7, 11) is 0. The third-order valence-corrected chi connectivity index (χ3v) is 6.01. The second-order valence-electron chi connectivity index (χ2n) is 7.61. The molecule has 2 fully saturated rings. The summed E-state index contributed by atoms with van der Waals surface area (Å²) in [4.78, 5) is 22.0. The lowest BCUT2D eigenvalue weighted by molar-refractivity contribution is 0.0568. The third-order valence-electron chi connectivity index (χ3n) is 5.70. The number of carbonyl (C=O) groups is 1. The molecule has 0 radical (unpaired) electrons. The summed E-state index contributed by atoms with van der Waals surface area (Å²) in [5, 5.41) is 4.85. The Balaban J connectivity index is 1.50. The first kappa shape index (κ1) is 18.4. The minimum absolute atomic E-state index is 0.0885. The van der Waals surface area contributed by atoms with E-state index in [-0.39, 0.29) is 5.91 Å². The zero-order chi connectivity index (χ0) is 19.0. The van der Waals surface area contributed by atoms with Gasteiger partial charge in [-0.05, 0) is 44.9 Å². The van der Waals surface area contributed by atoms with Crippen molar-refractivity contribution in [3.05, 3.63) is 40.3 Å². The molecule has 144 valence electrons. The maximum atomic E-state index is 13.1. The first-order chi connectivity index (χ1) is 13.0. The van der Waals surface area contributed by atoms with Gasteiger partial charge in [-0.1, -0.05) is 24.4 Å². The Morgan fingerprint density at radius 3 is 2.44 bits per heavy atom. The van der Waals surface area contributed by atoms with Crippen LogP contribution in [-0.4, -0.2) is 62.7 Å². The molecule has 0 atom stereocenters. The Morgan fingerprint density at radius 2 is 1.81 bits per heavy atom. The second-order valence-corrected chi connectivity index (χ2v) is 8.01. The van der Waals surface area contributed by atoms with Crippen LogP contribution in [0.5, 0.6) is 0 Å². The topological polar surface area (TPSA) is 54.3 Å². The highest BCUT2D eigenvalue weighted by atomic mass is 35.5. The number of aromatic nitrogens is 3. The van der Waals surface area contributed by atoms with E-state index in [0.717, 1.165) is 37.6 Å². The van der Waals surface area contributed by atoms with Gasteiger partial charge in [-0.15, -0.1) is 0 Å². The molecule has 1 saturated heterocycles. The monoisotopic (exact) mass is 387 g/mol. The van der Waals surface area contributed by atoms with Crippen molar-refractivity contribution in [3.8, 4) is 5.82 Å². The van der Waals surface area contributed by atoms with E-state index in [1.54, 1.807) is 16.8 Å². The van der Waals surface area contributed by atoms with Crippen molar-refractivity contribution in [1.29, 1.82) is 0 Å². The minimum Gasteiger partial charge on any atom is -0.335 e. The lowest BCUT2D eigenvalue weighted by atomic mass is 10.1. The third kappa shape index (κ3) is 3.73. The van der Waals surface area contributed by atoms with Crippen LogP contribution < -0.4 is 0 Å². The Hall–Kier alpha value is -1.92. The number of halogens is 1. The second kappa shape index (κ2) is 7.60. The van der Waals surface area contributed by atoms with Crippen LogP contribution in [-0.2, 0) is 0 Å². The standard InChI is InChI=1S/C20H26ClN5O/c1-14-13-15(2)26(23-14)18-8-7-17(21)19(22-18)20(27)25-11-9-24(10-12-25)16-5-3-4-6-16/h7-8,13,16H,3-6,9-12H2,1-2H3. The summed E-state index contributed by atoms with van der Waals surface area (Å²) < 4.78 is 1.75. The summed E-state index contributed by atoms with van der Waals surface area (Å²) in [6.45, 7) is 7.25. The van der Waals surface area contributed by atoms with Crippen LogP contribution in [0.2, 0.25) is 5.02 Å². The average molecular weight is 388 g/mol. The predicted octanol–water partition coefficient (Wildman–Crippen LogP) is 3.24. The molecule has 0 unspecified atom stereocenters. The number of aryl methyl sites for hydroxylation is 2. The number of amides is 1. The van der Waals surface area contributed by atoms with Crippen molar-refractivity contribution in [3.63, 3.8) is 0 Å². The number of piperazine rings is 1. The van der Waals surface area contributed by atoms with Crippen LogP contribution in [0.4, 0.5) is 0 Å². The van der Waals surface area contributed by atoms with Crippen LogP contribution in [0.3, 0.4) is 0 Å². The van der Waals surface area contributed by atoms with E-state index in [1.807, 2.05) is 24.8 Å². The van der Waals surface area contributed by atoms with Crippen LogP contribution in [0.15, 0.2) is 18.2 Å². The SMILES string of the molecule is Cc1cc(C)n(-c2ccc(Cl)c(C(=O)N3CCN(C4CCCC4)CC3)n2)n1. The van der Waals surface area contributed by atoms with Gasteiger partial charge in [0.25, 0.3) is 5.91 Å². The van der Waals surface area contributed by atoms with Crippen molar-refractivity contribution in [1.82, 2.24) is 24.6 Å². The molecule has 1 saturated carbocycles. The van der Waals surface area contributed by atoms with E-state index < -0.39 is 0 Å². The molecule has 2 aliphatic rings. The molecule has 6 nitrogen and oxygen atoms in total. The normalized spacial score (nSPS) is 19.0. The zero-order valence-corrected chi connectivity index (χ0v) is 16.7. The van der Waals surface area contributed by atoms with Gasteiger partial charge >= 0.3 is 0 Å². The Bertz CT molecular complexity index is 835. The van der Waals surface area contributed by atoms with Crippen LogP contribution in [0, 0.1) is 13.8 Å². The van der Waals surface area contributed by atoms with Gasteiger partial charge in [0, 0.05) is 37.9 Å². The summed E-state index contributed by atoms with van der Waals surface area (Å²) in [5.41, 5.74) is 2.21. The molecule has 3 heterocycles. The minimum atomic E-state index is -0.0885. The van der Waals surface area contributed by atoms with Gasteiger partial charge in [-0.2, -0.15) is 5.10 Å². The lowest BCUT2D eigenvalue weighted by Gasteiger charge is -2.38. The fourth-order valence-corrected chi connectivity index (χ4v) is 4.46. The van der Waals surface area contributed by atoms with E-state index in [1.165, 1.54) is 25.7 Å². The molecule has 2 aromatic rings. The lowest BCUT2D eigenvalue weighted by Crippen LogP contribution is -2.51. The van der Waals surface area contributed by atoms with E-state index in [2.05, 4.69) is 15.0 Å². The number of nitrogens with zero attached hydrogens (tertiary/aromatic N) is 5. The Labute approximate surface area is 165 Å². The highest BCUT2D eigenvalue weighted by molar-refractivity contribution is 6.33. The van der Waals surface area contributed by atoms with E-state index in [0.29, 0.717) is 22.6 Å². The van der Waals surface area contributed by atoms with E-state index in [4.69, 9.17) is 11.6 Å². The molecule has 1 amide bonds. The van der Waals surface area contributed by atoms with Crippen LogP contribution in [0.25, 0.3) is 5.82 Å². The number of hydrogen-bond donors (Lipinski definition) is 0. The van der Waals surface area contributed by atoms with Gasteiger partial charge in [-0.3, -0.25) is 9.69 Å². The maximum Gasteiger partial charge on any atom is 0.274 e. The molecule has 1 aliphatic carbocycles. The predicted molar refractivity (Wildman–Crippen MR) is 106 cm³/mol. The molecule has 4 rings (SSSR count). The van der Waals surface area contributed by atoms with Gasteiger partial charge in [0.05, 0.1) is 10.7 Å². The maximum absolute atomic E-state index is 13.1.